The minimum absolute atomic E-state index is 1.22. The van der Waals surface area contributed by atoms with Crippen LogP contribution in [0.2, 0.25) is 0 Å². The predicted octanol–water partition coefficient (Wildman–Crippen LogP) is 6.09. The van der Waals surface area contributed by atoms with Gasteiger partial charge in [-0.3, -0.25) is 0 Å². The van der Waals surface area contributed by atoms with E-state index in [1.165, 1.54) is 34.0 Å². The van der Waals surface area contributed by atoms with E-state index in [1.54, 1.807) is 0 Å². The van der Waals surface area contributed by atoms with E-state index in [2.05, 4.69) is 44.9 Å². The molecule has 0 saturated carbocycles. The molecule has 3 heterocycles. The van der Waals surface area contributed by atoms with Crippen LogP contribution in [-0.2, 0) is 0 Å². The molecule has 0 aliphatic carbocycles. The molecular weight excluding hydrogens is 320 g/mol. The Hall–Kier alpha value is -0.420. The average Bonchev–Trinajstić information content (AvgIpc) is 2.91. The highest BCUT2D eigenvalue weighted by Gasteiger charge is 2.12. The van der Waals surface area contributed by atoms with Gasteiger partial charge in [0, 0.05) is 30.3 Å². The zero-order valence-electron chi connectivity index (χ0n) is 7.99. The largest absolute Gasteiger partial charge is 0.143 e. The first-order valence-corrected chi connectivity index (χ1v) is 8.17. The third-order valence-corrected chi connectivity index (χ3v) is 6.33. The van der Waals surface area contributed by atoms with E-state index >= 15 is 0 Å². The van der Waals surface area contributed by atoms with Gasteiger partial charge in [-0.2, -0.15) is 0 Å². The first-order valence-electron chi connectivity index (χ1n) is 4.80. The standard InChI is InChI=1S/C12H5BrS3/c13-9-5-8-11-6(1-3-15-11)10-7(2-4-14-10)12(8)16-9/h1-5H. The van der Waals surface area contributed by atoms with E-state index in [1.807, 2.05) is 34.0 Å². The van der Waals surface area contributed by atoms with Crippen molar-refractivity contribution in [3.05, 3.63) is 32.7 Å². The number of halogens is 1. The summed E-state index contributed by atoms with van der Waals surface area (Å²) in [4.78, 5) is 0. The Morgan fingerprint density at radius 2 is 1.44 bits per heavy atom. The van der Waals surface area contributed by atoms with E-state index in [4.69, 9.17) is 0 Å². The van der Waals surface area contributed by atoms with E-state index in [0.717, 1.165) is 0 Å². The molecule has 0 saturated heterocycles. The Bertz CT molecular complexity index is 751. The molecule has 0 spiro atoms. The molecule has 4 aromatic rings. The quantitative estimate of drug-likeness (QED) is 0.367. The minimum Gasteiger partial charge on any atom is -0.143 e. The number of thiophene rings is 3. The molecule has 4 rings (SSSR count). The zero-order valence-corrected chi connectivity index (χ0v) is 12.0. The summed E-state index contributed by atoms with van der Waals surface area (Å²) in [6.45, 7) is 0. The van der Waals surface area contributed by atoms with Crippen LogP contribution in [0.5, 0.6) is 0 Å². The maximum Gasteiger partial charge on any atom is 0.0711 e. The van der Waals surface area contributed by atoms with Crippen LogP contribution in [0.25, 0.3) is 30.3 Å². The first kappa shape index (κ1) is 9.59. The Labute approximate surface area is 112 Å². The summed E-state index contributed by atoms with van der Waals surface area (Å²) >= 11 is 9.12. The number of hydrogen-bond acceptors (Lipinski definition) is 3. The molecule has 0 radical (unpaired) electrons. The van der Waals surface area contributed by atoms with Crippen LogP contribution in [-0.4, -0.2) is 0 Å². The number of benzene rings is 1. The summed E-state index contributed by atoms with van der Waals surface area (Å²) in [6, 6.07) is 6.72. The van der Waals surface area contributed by atoms with Crippen molar-refractivity contribution in [2.75, 3.05) is 0 Å². The van der Waals surface area contributed by atoms with E-state index in [0.29, 0.717) is 0 Å². The first-order chi connectivity index (χ1) is 7.84. The fourth-order valence-electron chi connectivity index (χ4n) is 2.12. The molecule has 0 aliphatic heterocycles. The van der Waals surface area contributed by atoms with Crippen molar-refractivity contribution in [3.8, 4) is 0 Å². The van der Waals surface area contributed by atoms with Crippen molar-refractivity contribution in [2.45, 2.75) is 0 Å². The normalized spacial score (nSPS) is 12.1. The van der Waals surface area contributed by atoms with Crippen LogP contribution in [0, 0.1) is 0 Å². The zero-order chi connectivity index (χ0) is 10.7. The van der Waals surface area contributed by atoms with Crippen molar-refractivity contribution >= 4 is 80.2 Å². The Kier molecular flexibility index (Phi) is 1.97. The van der Waals surface area contributed by atoms with Gasteiger partial charge in [0.25, 0.3) is 0 Å². The maximum atomic E-state index is 3.60. The van der Waals surface area contributed by atoms with Crippen molar-refractivity contribution < 1.29 is 0 Å². The van der Waals surface area contributed by atoms with Gasteiger partial charge in [-0.15, -0.1) is 34.0 Å². The Morgan fingerprint density at radius 3 is 2.19 bits per heavy atom. The van der Waals surface area contributed by atoms with Gasteiger partial charge in [0.2, 0.25) is 0 Å². The average molecular weight is 325 g/mol. The van der Waals surface area contributed by atoms with Gasteiger partial charge in [-0.1, -0.05) is 0 Å². The summed E-state index contributed by atoms with van der Waals surface area (Å²) in [5.41, 5.74) is 0. The van der Waals surface area contributed by atoms with E-state index in [9.17, 15) is 0 Å². The highest BCUT2D eigenvalue weighted by atomic mass is 79.9. The molecule has 16 heavy (non-hydrogen) atoms. The van der Waals surface area contributed by atoms with Crippen molar-refractivity contribution in [1.82, 2.24) is 0 Å². The van der Waals surface area contributed by atoms with Crippen molar-refractivity contribution in [2.24, 2.45) is 0 Å². The molecule has 1 aromatic carbocycles. The number of fused-ring (bicyclic) bond motifs is 6. The second-order valence-electron chi connectivity index (χ2n) is 3.62. The highest BCUT2D eigenvalue weighted by Crippen LogP contribution is 2.44. The lowest BCUT2D eigenvalue weighted by atomic mass is 10.1. The van der Waals surface area contributed by atoms with Gasteiger partial charge >= 0.3 is 0 Å². The Balaban J connectivity index is 2.50. The molecule has 0 atom stereocenters. The highest BCUT2D eigenvalue weighted by molar-refractivity contribution is 9.11. The summed E-state index contributed by atoms with van der Waals surface area (Å²) in [5.74, 6) is 0. The predicted molar refractivity (Wildman–Crippen MR) is 80.3 cm³/mol. The fraction of sp³-hybridized carbons (Fsp3) is 0. The second-order valence-corrected chi connectivity index (χ2v) is 7.88. The topological polar surface area (TPSA) is 0 Å². The van der Waals surface area contributed by atoms with Crippen molar-refractivity contribution in [1.29, 1.82) is 0 Å². The summed E-state index contributed by atoms with van der Waals surface area (Å²) < 4.78 is 5.49. The van der Waals surface area contributed by atoms with Crippen LogP contribution in [0.4, 0.5) is 0 Å². The Morgan fingerprint density at radius 1 is 0.812 bits per heavy atom. The number of hydrogen-bond donors (Lipinski definition) is 0. The van der Waals surface area contributed by atoms with Crippen LogP contribution < -0.4 is 0 Å². The summed E-state index contributed by atoms with van der Waals surface area (Å²) in [7, 11) is 0. The number of rotatable bonds is 0. The maximum absolute atomic E-state index is 3.60. The molecule has 0 bridgehead atoms. The van der Waals surface area contributed by atoms with Gasteiger partial charge in [0.15, 0.2) is 0 Å². The smallest absolute Gasteiger partial charge is 0.0711 e. The summed E-state index contributed by atoms with van der Waals surface area (Å²) in [6.07, 6.45) is 0. The summed E-state index contributed by atoms with van der Waals surface area (Å²) in [5, 5.41) is 8.59. The molecule has 0 unspecified atom stereocenters. The van der Waals surface area contributed by atoms with Gasteiger partial charge in [-0.25, -0.2) is 0 Å². The van der Waals surface area contributed by atoms with Crippen LogP contribution in [0.3, 0.4) is 0 Å². The molecule has 0 amide bonds. The van der Waals surface area contributed by atoms with Gasteiger partial charge in [0.1, 0.15) is 0 Å². The lowest BCUT2D eigenvalue weighted by molar-refractivity contribution is 2.09. The molecule has 0 aliphatic rings. The van der Waals surface area contributed by atoms with Gasteiger partial charge in [-0.05, 0) is 44.9 Å². The molecule has 0 fully saturated rings. The van der Waals surface area contributed by atoms with Crippen LogP contribution >= 0.6 is 49.9 Å². The monoisotopic (exact) mass is 324 g/mol. The fourth-order valence-corrected chi connectivity index (χ4v) is 5.81. The van der Waals surface area contributed by atoms with Crippen molar-refractivity contribution in [3.63, 3.8) is 0 Å². The van der Waals surface area contributed by atoms with Gasteiger partial charge < -0.3 is 0 Å². The molecule has 0 nitrogen and oxygen atoms in total. The van der Waals surface area contributed by atoms with E-state index in [-0.39, 0.29) is 0 Å². The van der Waals surface area contributed by atoms with Crippen LogP contribution in [0.1, 0.15) is 0 Å². The lowest BCUT2D eigenvalue weighted by Gasteiger charge is -1.96. The third-order valence-electron chi connectivity index (χ3n) is 2.77. The van der Waals surface area contributed by atoms with Gasteiger partial charge in [0.05, 0.1) is 3.79 Å². The minimum atomic E-state index is 1.22. The molecule has 78 valence electrons. The molecule has 4 heteroatoms. The lowest BCUT2D eigenvalue weighted by Crippen LogP contribution is -1.67. The van der Waals surface area contributed by atoms with Crippen LogP contribution in [0.15, 0.2) is 32.7 Å². The van der Waals surface area contributed by atoms with E-state index < -0.39 is 0 Å². The second kappa shape index (κ2) is 3.29. The molecule has 3 aromatic heterocycles. The molecular formula is C12H5BrS3. The molecule has 0 N–H and O–H groups in total. The SMILES string of the molecule is Brc1cc2c3sccc3c3sccc3c2s1. The third kappa shape index (κ3) is 1.13.